The van der Waals surface area contributed by atoms with Gasteiger partial charge < -0.3 is 16.0 Å². The fraction of sp³-hybridized carbons (Fsp3) is 0.611. The molecule has 0 aromatic heterocycles. The highest BCUT2D eigenvalue weighted by molar-refractivity contribution is 5.94. The standard InChI is InChI=1S/C18H29N3O/c1-3-14(2)17(19)18(22)20-16-8-6-7-15(13-16)9-12-21-10-4-5-11-21/h6-8,13-14,17H,3-5,9-12,19H2,1-2H3,(H,20,22). The number of likely N-dealkylation sites (tertiary alicyclic amines) is 1. The first-order valence-electron chi connectivity index (χ1n) is 8.48. The minimum Gasteiger partial charge on any atom is -0.325 e. The van der Waals surface area contributed by atoms with Gasteiger partial charge in [0.2, 0.25) is 5.91 Å². The van der Waals surface area contributed by atoms with E-state index in [4.69, 9.17) is 5.73 Å². The summed E-state index contributed by atoms with van der Waals surface area (Å²) in [4.78, 5) is 14.7. The van der Waals surface area contributed by atoms with Crippen LogP contribution in [-0.2, 0) is 11.2 Å². The van der Waals surface area contributed by atoms with E-state index in [-0.39, 0.29) is 11.8 Å². The molecule has 1 aromatic carbocycles. The lowest BCUT2D eigenvalue weighted by Gasteiger charge is -2.18. The molecular weight excluding hydrogens is 274 g/mol. The zero-order valence-electron chi connectivity index (χ0n) is 13.8. The Morgan fingerprint density at radius 1 is 1.36 bits per heavy atom. The van der Waals surface area contributed by atoms with Crippen LogP contribution in [0.2, 0.25) is 0 Å². The van der Waals surface area contributed by atoms with E-state index < -0.39 is 6.04 Å². The predicted molar refractivity (Wildman–Crippen MR) is 91.9 cm³/mol. The van der Waals surface area contributed by atoms with Gasteiger partial charge in [0.05, 0.1) is 6.04 Å². The average molecular weight is 303 g/mol. The van der Waals surface area contributed by atoms with Gasteiger partial charge in [-0.25, -0.2) is 0 Å². The number of carbonyl (C=O) groups excluding carboxylic acids is 1. The Morgan fingerprint density at radius 3 is 2.77 bits per heavy atom. The average Bonchev–Trinajstić information content (AvgIpc) is 3.05. The van der Waals surface area contributed by atoms with E-state index in [1.807, 2.05) is 19.1 Å². The molecule has 1 aliphatic heterocycles. The molecule has 4 heteroatoms. The maximum Gasteiger partial charge on any atom is 0.241 e. The zero-order chi connectivity index (χ0) is 15.9. The number of anilines is 1. The van der Waals surface area contributed by atoms with E-state index in [0.717, 1.165) is 25.1 Å². The number of nitrogens with one attached hydrogen (secondary N) is 1. The molecule has 122 valence electrons. The Labute approximate surface area is 134 Å². The first-order chi connectivity index (χ1) is 10.6. The van der Waals surface area contributed by atoms with Crippen LogP contribution in [-0.4, -0.2) is 36.5 Å². The van der Waals surface area contributed by atoms with E-state index in [0.29, 0.717) is 0 Å². The molecule has 4 nitrogen and oxygen atoms in total. The molecule has 2 rings (SSSR count). The van der Waals surface area contributed by atoms with Crippen LogP contribution in [0.3, 0.4) is 0 Å². The molecule has 0 radical (unpaired) electrons. The molecule has 2 atom stereocenters. The fourth-order valence-electron chi connectivity index (χ4n) is 2.84. The number of nitrogens with two attached hydrogens (primary N) is 1. The Hall–Kier alpha value is -1.39. The number of rotatable bonds is 7. The third-order valence-electron chi connectivity index (χ3n) is 4.67. The molecule has 1 amide bonds. The fourth-order valence-corrected chi connectivity index (χ4v) is 2.84. The molecule has 3 N–H and O–H groups in total. The normalized spacial score (nSPS) is 18.1. The summed E-state index contributed by atoms with van der Waals surface area (Å²) in [6.45, 7) is 7.61. The van der Waals surface area contributed by atoms with Gasteiger partial charge in [-0.15, -0.1) is 0 Å². The van der Waals surface area contributed by atoms with Gasteiger partial charge in [0.1, 0.15) is 0 Å². The monoisotopic (exact) mass is 303 g/mol. The van der Waals surface area contributed by atoms with Crippen LogP contribution in [0.1, 0.15) is 38.7 Å². The summed E-state index contributed by atoms with van der Waals surface area (Å²) in [6.07, 6.45) is 4.58. The molecule has 0 spiro atoms. The van der Waals surface area contributed by atoms with E-state index in [1.54, 1.807) is 0 Å². The second kappa shape index (κ2) is 8.30. The van der Waals surface area contributed by atoms with Crippen molar-refractivity contribution >= 4 is 11.6 Å². The van der Waals surface area contributed by atoms with Crippen molar-refractivity contribution in [1.82, 2.24) is 4.90 Å². The maximum absolute atomic E-state index is 12.1. The second-order valence-electron chi connectivity index (χ2n) is 6.40. The number of amides is 1. The van der Waals surface area contributed by atoms with Crippen molar-refractivity contribution in [3.8, 4) is 0 Å². The Balaban J connectivity index is 1.88. The quantitative estimate of drug-likeness (QED) is 0.814. The Bertz CT molecular complexity index is 483. The number of nitrogens with zero attached hydrogens (tertiary/aromatic N) is 1. The summed E-state index contributed by atoms with van der Waals surface area (Å²) < 4.78 is 0. The minimum atomic E-state index is -0.446. The lowest BCUT2D eigenvalue weighted by molar-refractivity contribution is -0.118. The summed E-state index contributed by atoms with van der Waals surface area (Å²) in [6, 6.07) is 7.68. The van der Waals surface area contributed by atoms with Crippen molar-refractivity contribution in [2.45, 2.75) is 45.6 Å². The first kappa shape index (κ1) is 17.0. The summed E-state index contributed by atoms with van der Waals surface area (Å²) in [5, 5.41) is 2.95. The van der Waals surface area contributed by atoms with Crippen LogP contribution in [0.25, 0.3) is 0 Å². The smallest absolute Gasteiger partial charge is 0.241 e. The van der Waals surface area contributed by atoms with Gasteiger partial charge in [-0.1, -0.05) is 32.4 Å². The van der Waals surface area contributed by atoms with Crippen LogP contribution in [0, 0.1) is 5.92 Å². The Kier molecular flexibility index (Phi) is 6.40. The van der Waals surface area contributed by atoms with E-state index in [9.17, 15) is 4.79 Å². The van der Waals surface area contributed by atoms with Crippen LogP contribution >= 0.6 is 0 Å². The molecule has 1 heterocycles. The highest BCUT2D eigenvalue weighted by Crippen LogP contribution is 2.15. The number of benzene rings is 1. The molecule has 0 aliphatic carbocycles. The predicted octanol–water partition coefficient (Wildman–Crippen LogP) is 2.64. The van der Waals surface area contributed by atoms with Crippen LogP contribution in [0.5, 0.6) is 0 Å². The second-order valence-corrected chi connectivity index (χ2v) is 6.40. The molecule has 0 bridgehead atoms. The zero-order valence-corrected chi connectivity index (χ0v) is 13.8. The van der Waals surface area contributed by atoms with E-state index >= 15 is 0 Å². The summed E-state index contributed by atoms with van der Waals surface area (Å²) in [7, 11) is 0. The van der Waals surface area contributed by atoms with Crippen LogP contribution < -0.4 is 11.1 Å². The summed E-state index contributed by atoms with van der Waals surface area (Å²) in [5.41, 5.74) is 8.10. The molecular formula is C18H29N3O. The number of carbonyl (C=O) groups is 1. The SMILES string of the molecule is CCC(C)C(N)C(=O)Nc1cccc(CCN2CCCC2)c1. The molecule has 22 heavy (non-hydrogen) atoms. The summed E-state index contributed by atoms with van der Waals surface area (Å²) >= 11 is 0. The molecule has 1 aromatic rings. The van der Waals surface area contributed by atoms with Gasteiger partial charge in [0.25, 0.3) is 0 Å². The van der Waals surface area contributed by atoms with Crippen molar-refractivity contribution in [2.24, 2.45) is 11.7 Å². The third kappa shape index (κ3) is 4.82. The van der Waals surface area contributed by atoms with Gasteiger partial charge in [-0.3, -0.25) is 4.79 Å². The number of hydrogen-bond donors (Lipinski definition) is 2. The molecule has 2 unspecified atom stereocenters. The van der Waals surface area contributed by atoms with Gasteiger partial charge >= 0.3 is 0 Å². The van der Waals surface area contributed by atoms with E-state index in [1.165, 1.54) is 31.5 Å². The molecule has 1 fully saturated rings. The third-order valence-corrected chi connectivity index (χ3v) is 4.67. The van der Waals surface area contributed by atoms with E-state index in [2.05, 4.69) is 29.3 Å². The van der Waals surface area contributed by atoms with Crippen molar-refractivity contribution in [3.05, 3.63) is 29.8 Å². The van der Waals surface area contributed by atoms with Gasteiger partial charge in [0, 0.05) is 12.2 Å². The van der Waals surface area contributed by atoms with Crippen molar-refractivity contribution in [2.75, 3.05) is 25.0 Å². The van der Waals surface area contributed by atoms with Gasteiger partial charge in [-0.2, -0.15) is 0 Å². The summed E-state index contributed by atoms with van der Waals surface area (Å²) in [5.74, 6) is 0.101. The maximum atomic E-state index is 12.1. The molecule has 1 saturated heterocycles. The van der Waals surface area contributed by atoms with Gasteiger partial charge in [0.15, 0.2) is 0 Å². The lowest BCUT2D eigenvalue weighted by Crippen LogP contribution is -2.40. The minimum absolute atomic E-state index is 0.0916. The molecule has 1 aliphatic rings. The van der Waals surface area contributed by atoms with Crippen molar-refractivity contribution in [1.29, 1.82) is 0 Å². The largest absolute Gasteiger partial charge is 0.325 e. The van der Waals surface area contributed by atoms with Gasteiger partial charge in [-0.05, 0) is 56.0 Å². The topological polar surface area (TPSA) is 58.4 Å². The Morgan fingerprint density at radius 2 is 2.09 bits per heavy atom. The van der Waals surface area contributed by atoms with Crippen LogP contribution in [0.4, 0.5) is 5.69 Å². The lowest BCUT2D eigenvalue weighted by atomic mass is 9.99. The first-order valence-corrected chi connectivity index (χ1v) is 8.48. The highest BCUT2D eigenvalue weighted by Gasteiger charge is 2.19. The van der Waals surface area contributed by atoms with Crippen molar-refractivity contribution in [3.63, 3.8) is 0 Å². The van der Waals surface area contributed by atoms with Crippen LogP contribution in [0.15, 0.2) is 24.3 Å². The highest BCUT2D eigenvalue weighted by atomic mass is 16.2. The number of hydrogen-bond acceptors (Lipinski definition) is 3. The molecule has 0 saturated carbocycles. The van der Waals surface area contributed by atoms with Crippen molar-refractivity contribution < 1.29 is 4.79 Å².